The standard InChI is InChI=1S/2C6H14.C6H12.C5H8O.C4H6F2.2C4H9O.2C4H10.C4H9.C4H8.C4H6.C3H3F3.C3H6O.C3H4.C2F4.C2H4O.4C2H6.CH4.2K.Li.Na.H2O/c3*1-3-5-6-4-2;1-4-5(2,3)6;1-3(5)4(2)6;2*1-4(2,3)5;5*1-3-4-2;1-2(4)3(5)6;1-2-3-4;1-3-2;3-1(4)2(5)6;1-2-3;4*1-2;;;;;;/h2*3-6H2,1-2H3;5-6H,3-4H2,1-2H3;1,6H,2-3H3;1-2H3;2*1-3H3;2*3-4H2,1-2H3;1,3-4H2,2H3;3-4H,1-2H3;1-2H3;1H3;3H,2H2,1H3;1H,2H3;;2H,1H3;4*1-2H3;1H4;;;;;1H2/q;;;;;2*-1;;;-1;;;;;;;;;;;;;4*+1;/p-1/b;;6-5-;;4-3+;;;;;;4-3+;;;;;;;;;;;;;;;;. The summed E-state index contributed by atoms with van der Waals surface area (Å²) >= 11 is 0. The van der Waals surface area contributed by atoms with E-state index < -0.39 is 52.5 Å². The van der Waals surface area contributed by atoms with Crippen molar-refractivity contribution in [2.75, 3.05) is 0 Å². The number of hydrogen-bond acceptors (Lipinski definition) is 6. The molecule has 0 aromatic carbocycles. The number of carbonyl (C=O) groups is 2. The predicted octanol–water partition coefficient (Wildman–Crippen LogP) is 16.3. The van der Waals surface area contributed by atoms with Crippen molar-refractivity contribution >= 4 is 12.6 Å². The molecule has 0 bridgehead atoms. The fraction of sp³-hybridized carbons (Fsp3) is 0.753. The van der Waals surface area contributed by atoms with Crippen molar-refractivity contribution < 1.29 is 221 Å². The summed E-state index contributed by atoms with van der Waals surface area (Å²) in [5.74, 6) is 6.88. The molecule has 572 valence electrons. The van der Waals surface area contributed by atoms with Crippen LogP contribution in [0.3, 0.4) is 0 Å². The molecule has 19 heteroatoms. The van der Waals surface area contributed by atoms with Crippen molar-refractivity contribution in [3.8, 4) is 36.5 Å². The Balaban J connectivity index is -0.0000000209. The Morgan fingerprint density at radius 3 is 0.615 bits per heavy atom. The van der Waals surface area contributed by atoms with Crippen molar-refractivity contribution in [1.29, 1.82) is 0 Å². The molecule has 96 heavy (non-hydrogen) atoms. The Hall–Kier alpha value is 0.800. The first kappa shape index (κ1) is 182. The second-order valence-corrected chi connectivity index (χ2v) is 18.1. The fourth-order valence-electron chi connectivity index (χ4n) is 1.33. The van der Waals surface area contributed by atoms with Gasteiger partial charge in [0.15, 0.2) is 5.83 Å². The smallest absolute Gasteiger partial charge is 0.870 e. The second-order valence-electron chi connectivity index (χ2n) is 18.1. The molecule has 0 saturated carbocycles. The van der Waals surface area contributed by atoms with Crippen molar-refractivity contribution in [3.05, 3.63) is 67.0 Å². The van der Waals surface area contributed by atoms with Crippen LogP contribution >= 0.6 is 0 Å². The van der Waals surface area contributed by atoms with Crippen molar-refractivity contribution in [2.24, 2.45) is 0 Å². The van der Waals surface area contributed by atoms with E-state index >= 15 is 0 Å². The van der Waals surface area contributed by atoms with Gasteiger partial charge < -0.3 is 37.3 Å². The largest absolute Gasteiger partial charge is 1.00 e. The first-order chi connectivity index (χ1) is 41.5. The van der Waals surface area contributed by atoms with E-state index in [1.807, 2.05) is 102 Å². The summed E-state index contributed by atoms with van der Waals surface area (Å²) in [6, 6.07) is 0. The number of aliphatic hydroxyl groups is 1. The third-order valence-corrected chi connectivity index (χ3v) is 5.89. The Labute approximate surface area is 717 Å². The number of halogens is 9. The number of allylic oxidation sites excluding steroid dienone is 7. The summed E-state index contributed by atoms with van der Waals surface area (Å²) in [5.41, 5.74) is -2.43. The maximum atomic E-state index is 11.3. The Morgan fingerprint density at radius 1 is 0.458 bits per heavy atom. The zero-order chi connectivity index (χ0) is 78.1. The maximum absolute atomic E-state index is 11.3. The minimum atomic E-state index is -2.91. The van der Waals surface area contributed by atoms with Crippen LogP contribution in [0.5, 0.6) is 0 Å². The SMILES string of the molecule is C.C#CC.C#CC(C)(C)O.C/C(F)=C(/C)F.C/C=C/C.CC.CC.CC.CC.CC#CC.CC(C)(C)[O-].CC(C)(C)[O-].CC(F)=C(F)F.CC/C=C\CC.CC=O.CCC=O.CCCC.CCCC.CCCCCC.CCCCCC.FC(F)=C(F)F.[CH2-]CCC.[K+].[K+].[Li+].[Na+].[OH-]. The van der Waals surface area contributed by atoms with Crippen LogP contribution in [0, 0.1) is 43.5 Å². The topological polar surface area (TPSA) is 130 Å². The maximum Gasteiger partial charge on any atom is 1.00 e. The molecule has 0 saturated heterocycles. The molecule has 0 spiro atoms. The third-order valence-electron chi connectivity index (χ3n) is 5.89. The van der Waals surface area contributed by atoms with Crippen LogP contribution in [0.1, 0.15) is 373 Å². The minimum absolute atomic E-state index is 0. The molecule has 0 aliphatic carbocycles. The van der Waals surface area contributed by atoms with Gasteiger partial charge in [-0.3, -0.25) is 0 Å². The number of rotatable bonds is 12. The van der Waals surface area contributed by atoms with E-state index in [1.54, 1.807) is 62.3 Å². The number of unbranched alkanes of at least 4 members (excludes halogenated alkanes) is 9. The molecule has 0 aliphatic rings. The van der Waals surface area contributed by atoms with Crippen LogP contribution in [0.2, 0.25) is 0 Å². The molecule has 0 aromatic heterocycles. The second kappa shape index (κ2) is 212. The Kier molecular flexibility index (Phi) is 402. The van der Waals surface area contributed by atoms with Crippen molar-refractivity contribution in [2.45, 2.75) is 390 Å². The summed E-state index contributed by atoms with van der Waals surface area (Å²) in [6.45, 7) is 72.0. The number of carbonyl (C=O) groups excluding carboxylic acids is 2. The summed E-state index contributed by atoms with van der Waals surface area (Å²) in [7, 11) is 0. The number of terminal acetylenes is 2. The van der Waals surface area contributed by atoms with Gasteiger partial charge in [-0.1, -0.05) is 301 Å². The number of hydrogen-bond donors (Lipinski definition) is 1. The van der Waals surface area contributed by atoms with Gasteiger partial charge in [0.05, 0.1) is 0 Å². The van der Waals surface area contributed by atoms with Crippen LogP contribution in [0.4, 0.5) is 39.5 Å². The van der Waals surface area contributed by atoms with Gasteiger partial charge in [0, 0.05) is 6.42 Å². The van der Waals surface area contributed by atoms with Gasteiger partial charge in [0.2, 0.25) is 0 Å². The van der Waals surface area contributed by atoms with Crippen LogP contribution < -0.4 is 161 Å². The number of aldehydes is 2. The summed E-state index contributed by atoms with van der Waals surface area (Å²) in [5, 5.41) is 28.8. The molecule has 0 rings (SSSR count). The van der Waals surface area contributed by atoms with Gasteiger partial charge in [0.25, 0.3) is 0 Å². The van der Waals surface area contributed by atoms with Gasteiger partial charge in [0.1, 0.15) is 29.8 Å². The van der Waals surface area contributed by atoms with Gasteiger partial charge in [-0.25, -0.2) is 13.2 Å². The zero-order valence-electron chi connectivity index (χ0n) is 70.8. The van der Waals surface area contributed by atoms with Gasteiger partial charge in [-0.2, -0.15) is 32.8 Å². The minimum Gasteiger partial charge on any atom is -0.870 e. The summed E-state index contributed by atoms with van der Waals surface area (Å²) < 4.78 is 96.1. The fourth-order valence-corrected chi connectivity index (χ4v) is 1.33. The van der Waals surface area contributed by atoms with E-state index in [0.29, 0.717) is 13.3 Å². The van der Waals surface area contributed by atoms with E-state index in [4.69, 9.17) is 16.3 Å². The van der Waals surface area contributed by atoms with Crippen LogP contribution in [0.25, 0.3) is 0 Å². The molecule has 0 aliphatic heterocycles. The molecular weight excluding hydrogens is 1300 g/mol. The Morgan fingerprint density at radius 2 is 0.594 bits per heavy atom. The first-order valence-corrected chi connectivity index (χ1v) is 32.7. The van der Waals surface area contributed by atoms with Crippen LogP contribution in [0.15, 0.2) is 60.0 Å². The van der Waals surface area contributed by atoms with Gasteiger partial charge in [-0.15, -0.1) is 41.8 Å². The average molecular weight is 1460 g/mol. The normalized spacial score (nSPS) is 7.75. The molecular formula is C77H161F9K2LiNaO6. The van der Waals surface area contributed by atoms with E-state index in [2.05, 4.69) is 125 Å². The van der Waals surface area contributed by atoms with E-state index in [1.165, 1.54) is 103 Å². The zero-order valence-corrected chi connectivity index (χ0v) is 79.0. The molecule has 0 unspecified atom stereocenters. The quantitative estimate of drug-likeness (QED) is 0.0394. The molecule has 2 N–H and O–H groups in total. The van der Waals surface area contributed by atoms with Crippen molar-refractivity contribution in [3.63, 3.8) is 0 Å². The van der Waals surface area contributed by atoms with E-state index in [9.17, 15) is 54.5 Å². The van der Waals surface area contributed by atoms with Crippen LogP contribution in [-0.4, -0.2) is 40.0 Å². The van der Waals surface area contributed by atoms with E-state index in [-0.39, 0.29) is 164 Å². The van der Waals surface area contributed by atoms with Gasteiger partial charge >= 0.3 is 169 Å². The van der Waals surface area contributed by atoms with Crippen molar-refractivity contribution in [1.82, 2.24) is 0 Å². The third kappa shape index (κ3) is 879. The molecule has 0 heterocycles. The molecule has 0 fully saturated rings. The monoisotopic (exact) mass is 1460 g/mol. The molecule has 6 nitrogen and oxygen atoms in total. The first-order valence-electron chi connectivity index (χ1n) is 32.7. The van der Waals surface area contributed by atoms with E-state index in [0.717, 1.165) is 32.8 Å². The molecule has 0 aromatic rings. The molecule has 0 atom stereocenters. The average Bonchev–Trinajstić information content (AvgIpc) is 3.50. The summed E-state index contributed by atoms with van der Waals surface area (Å²) in [4.78, 5) is 18.0. The van der Waals surface area contributed by atoms with Gasteiger partial charge in [-0.05, 0) is 89.0 Å². The summed E-state index contributed by atoms with van der Waals surface area (Å²) in [6.07, 6.45) is 32.9. The van der Waals surface area contributed by atoms with Crippen LogP contribution in [-0.2, 0) is 9.59 Å². The predicted molar refractivity (Wildman–Crippen MR) is 400 cm³/mol. The Bertz CT molecular complexity index is 1240. The molecule has 0 radical (unpaired) electrons. The molecule has 0 amide bonds.